The largest absolute Gasteiger partial charge is 0.492 e. The number of halogens is 1. The molecular formula is C14H22ClNO3S. The van der Waals surface area contributed by atoms with Crippen molar-refractivity contribution in [3.8, 4) is 5.75 Å². The van der Waals surface area contributed by atoms with E-state index >= 15 is 0 Å². The molecule has 1 aromatic rings. The van der Waals surface area contributed by atoms with Crippen LogP contribution in [0.5, 0.6) is 5.75 Å². The quantitative estimate of drug-likeness (QED) is 0.907. The van der Waals surface area contributed by atoms with Gasteiger partial charge in [0.25, 0.3) is 0 Å². The van der Waals surface area contributed by atoms with Gasteiger partial charge in [0.2, 0.25) is 10.0 Å². The molecule has 0 aliphatic carbocycles. The monoisotopic (exact) mass is 319 g/mol. The molecule has 6 heteroatoms. The maximum atomic E-state index is 11.3. The van der Waals surface area contributed by atoms with Gasteiger partial charge in [-0.25, -0.2) is 13.6 Å². The summed E-state index contributed by atoms with van der Waals surface area (Å²) in [5.74, 6) is 0.232. The van der Waals surface area contributed by atoms with Crippen molar-refractivity contribution in [1.29, 1.82) is 0 Å². The Hall–Kier alpha value is -0.780. The molecule has 20 heavy (non-hydrogen) atoms. The van der Waals surface area contributed by atoms with E-state index in [-0.39, 0.29) is 23.7 Å². The van der Waals surface area contributed by atoms with Crippen molar-refractivity contribution < 1.29 is 13.2 Å². The molecule has 0 aliphatic heterocycles. The fourth-order valence-electron chi connectivity index (χ4n) is 1.74. The standard InChI is InChI=1S/C14H22ClNO3S/c1-10-5-6-13(12(15)7-10)19-8-11(14(2,3)4)9-20(16,17)18/h5-7,11H,8-9H2,1-4H3,(H2,16,17,18). The minimum Gasteiger partial charge on any atom is -0.492 e. The number of hydrogen-bond donors (Lipinski definition) is 1. The minimum absolute atomic E-state index is 0.111. The molecule has 0 spiro atoms. The van der Waals surface area contributed by atoms with Crippen LogP contribution in [0.1, 0.15) is 26.3 Å². The second-order valence-corrected chi connectivity index (χ2v) is 8.20. The molecule has 0 fully saturated rings. The minimum atomic E-state index is -3.54. The average molecular weight is 320 g/mol. The Morgan fingerprint density at radius 1 is 1.35 bits per heavy atom. The first-order chi connectivity index (χ1) is 8.99. The molecule has 0 aromatic heterocycles. The summed E-state index contributed by atoms with van der Waals surface area (Å²) in [6, 6.07) is 5.49. The van der Waals surface area contributed by atoms with Gasteiger partial charge < -0.3 is 4.74 Å². The van der Waals surface area contributed by atoms with E-state index in [1.165, 1.54) is 0 Å². The predicted octanol–water partition coefficient (Wildman–Crippen LogP) is 2.98. The van der Waals surface area contributed by atoms with Crippen LogP contribution in [0, 0.1) is 18.3 Å². The molecule has 0 amide bonds. The van der Waals surface area contributed by atoms with Crippen LogP contribution in [0.2, 0.25) is 5.02 Å². The van der Waals surface area contributed by atoms with E-state index in [1.54, 1.807) is 6.07 Å². The summed E-state index contributed by atoms with van der Waals surface area (Å²) in [4.78, 5) is 0. The molecule has 4 nitrogen and oxygen atoms in total. The van der Waals surface area contributed by atoms with Crippen molar-refractivity contribution in [3.05, 3.63) is 28.8 Å². The van der Waals surface area contributed by atoms with Gasteiger partial charge in [0.1, 0.15) is 5.75 Å². The molecule has 1 rings (SSSR count). The smallest absolute Gasteiger partial charge is 0.209 e. The van der Waals surface area contributed by atoms with Crippen molar-refractivity contribution in [2.24, 2.45) is 16.5 Å². The van der Waals surface area contributed by atoms with Crippen LogP contribution in [0.4, 0.5) is 0 Å². The molecular weight excluding hydrogens is 298 g/mol. The third-order valence-corrected chi connectivity index (χ3v) is 4.35. The van der Waals surface area contributed by atoms with Crippen LogP contribution in [0.25, 0.3) is 0 Å². The van der Waals surface area contributed by atoms with Crippen molar-refractivity contribution in [3.63, 3.8) is 0 Å². The molecule has 0 heterocycles. The Balaban J connectivity index is 2.81. The summed E-state index contributed by atoms with van der Waals surface area (Å²) in [7, 11) is -3.54. The topological polar surface area (TPSA) is 69.4 Å². The lowest BCUT2D eigenvalue weighted by molar-refractivity contribution is 0.163. The first-order valence-electron chi connectivity index (χ1n) is 6.38. The van der Waals surface area contributed by atoms with Crippen LogP contribution in [-0.2, 0) is 10.0 Å². The summed E-state index contributed by atoms with van der Waals surface area (Å²) < 4.78 is 28.3. The fraction of sp³-hybridized carbons (Fsp3) is 0.571. The summed E-state index contributed by atoms with van der Waals surface area (Å²) >= 11 is 6.09. The molecule has 0 radical (unpaired) electrons. The van der Waals surface area contributed by atoms with E-state index < -0.39 is 10.0 Å². The molecule has 0 bridgehead atoms. The summed E-state index contributed by atoms with van der Waals surface area (Å²) in [5, 5.41) is 5.66. The number of ether oxygens (including phenoxy) is 1. The third-order valence-electron chi connectivity index (χ3n) is 3.19. The van der Waals surface area contributed by atoms with Crippen LogP contribution in [0.3, 0.4) is 0 Å². The highest BCUT2D eigenvalue weighted by molar-refractivity contribution is 7.89. The maximum Gasteiger partial charge on any atom is 0.209 e. The van der Waals surface area contributed by atoms with Gasteiger partial charge in [-0.15, -0.1) is 0 Å². The highest BCUT2D eigenvalue weighted by Crippen LogP contribution is 2.30. The molecule has 0 aliphatic rings. The number of primary sulfonamides is 1. The number of sulfonamides is 1. The molecule has 1 unspecified atom stereocenters. The molecule has 0 saturated carbocycles. The van der Waals surface area contributed by atoms with E-state index in [0.717, 1.165) is 5.56 Å². The van der Waals surface area contributed by atoms with Gasteiger partial charge in [-0.2, -0.15) is 0 Å². The van der Waals surface area contributed by atoms with Gasteiger partial charge in [-0.1, -0.05) is 38.4 Å². The zero-order chi connectivity index (χ0) is 15.6. The van der Waals surface area contributed by atoms with Gasteiger partial charge in [0.05, 0.1) is 17.4 Å². The van der Waals surface area contributed by atoms with Crippen molar-refractivity contribution in [2.45, 2.75) is 27.7 Å². The van der Waals surface area contributed by atoms with E-state index in [0.29, 0.717) is 10.8 Å². The van der Waals surface area contributed by atoms with Crippen molar-refractivity contribution in [1.82, 2.24) is 0 Å². The number of aryl methyl sites for hydroxylation is 1. The lowest BCUT2D eigenvalue weighted by Gasteiger charge is -2.30. The van der Waals surface area contributed by atoms with E-state index in [1.807, 2.05) is 39.8 Å². The Bertz CT molecular complexity index is 564. The van der Waals surface area contributed by atoms with E-state index in [9.17, 15) is 8.42 Å². The van der Waals surface area contributed by atoms with E-state index in [2.05, 4.69) is 0 Å². The third kappa shape index (κ3) is 5.69. The van der Waals surface area contributed by atoms with Gasteiger partial charge in [0.15, 0.2) is 0 Å². The SMILES string of the molecule is Cc1ccc(OCC(CS(N)(=O)=O)C(C)(C)C)c(Cl)c1. The highest BCUT2D eigenvalue weighted by Gasteiger charge is 2.29. The number of rotatable bonds is 5. The zero-order valence-electron chi connectivity index (χ0n) is 12.3. The Kier molecular flexibility index (Phi) is 5.46. The molecule has 1 aromatic carbocycles. The zero-order valence-corrected chi connectivity index (χ0v) is 13.9. The van der Waals surface area contributed by atoms with Gasteiger partial charge in [0, 0.05) is 5.92 Å². The first-order valence-corrected chi connectivity index (χ1v) is 8.48. The van der Waals surface area contributed by atoms with Gasteiger partial charge >= 0.3 is 0 Å². The van der Waals surface area contributed by atoms with Crippen LogP contribution in [0.15, 0.2) is 18.2 Å². The molecule has 114 valence electrons. The highest BCUT2D eigenvalue weighted by atomic mass is 35.5. The predicted molar refractivity (Wildman–Crippen MR) is 82.6 cm³/mol. The number of nitrogens with two attached hydrogens (primary N) is 1. The second-order valence-electron chi connectivity index (χ2n) is 6.14. The van der Waals surface area contributed by atoms with Gasteiger partial charge in [-0.3, -0.25) is 0 Å². The molecule has 2 N–H and O–H groups in total. The van der Waals surface area contributed by atoms with E-state index in [4.69, 9.17) is 21.5 Å². The molecule has 1 atom stereocenters. The Labute approximate surface area is 126 Å². The molecule has 0 saturated heterocycles. The van der Waals surface area contributed by atoms with Crippen molar-refractivity contribution in [2.75, 3.05) is 12.4 Å². The second kappa shape index (κ2) is 6.33. The van der Waals surface area contributed by atoms with Crippen LogP contribution < -0.4 is 9.88 Å². The maximum absolute atomic E-state index is 11.3. The summed E-state index contributed by atoms with van der Waals surface area (Å²) in [6.07, 6.45) is 0. The first kappa shape index (κ1) is 17.3. The average Bonchev–Trinajstić information content (AvgIpc) is 2.23. The fourth-order valence-corrected chi connectivity index (χ4v) is 3.19. The lowest BCUT2D eigenvalue weighted by atomic mass is 9.82. The Morgan fingerprint density at radius 3 is 2.40 bits per heavy atom. The van der Waals surface area contributed by atoms with Gasteiger partial charge in [-0.05, 0) is 30.0 Å². The Morgan fingerprint density at radius 2 is 1.95 bits per heavy atom. The summed E-state index contributed by atoms with van der Waals surface area (Å²) in [6.45, 7) is 8.08. The summed E-state index contributed by atoms with van der Waals surface area (Å²) in [5.41, 5.74) is 0.808. The van der Waals surface area contributed by atoms with Crippen LogP contribution in [-0.4, -0.2) is 20.8 Å². The number of benzene rings is 1. The number of hydrogen-bond acceptors (Lipinski definition) is 3. The van der Waals surface area contributed by atoms with Crippen molar-refractivity contribution >= 4 is 21.6 Å². The van der Waals surface area contributed by atoms with Crippen LogP contribution >= 0.6 is 11.6 Å². The normalized spacial score (nSPS) is 14.1. The lowest BCUT2D eigenvalue weighted by Crippen LogP contribution is -2.35.